The van der Waals surface area contributed by atoms with Gasteiger partial charge in [0.25, 0.3) is 0 Å². The van der Waals surface area contributed by atoms with Gasteiger partial charge < -0.3 is 14.6 Å². The monoisotopic (exact) mass is 428 g/mol. The normalized spacial score (nSPS) is 17.8. The van der Waals surface area contributed by atoms with Gasteiger partial charge in [-0.3, -0.25) is 0 Å². The van der Waals surface area contributed by atoms with Crippen molar-refractivity contribution in [3.05, 3.63) is 83.7 Å². The third-order valence-electron chi connectivity index (χ3n) is 5.26. The summed E-state index contributed by atoms with van der Waals surface area (Å²) in [7, 11) is 0. The Hall–Kier alpha value is -3.32. The van der Waals surface area contributed by atoms with Gasteiger partial charge >= 0.3 is 5.97 Å². The van der Waals surface area contributed by atoms with Gasteiger partial charge in [-0.15, -0.1) is 0 Å². The number of ether oxygens (including phenoxy) is 2. The lowest BCUT2D eigenvalue weighted by Gasteiger charge is -2.35. The average Bonchev–Trinajstić information content (AvgIpc) is 2.70. The fourth-order valence-electron chi connectivity index (χ4n) is 3.60. The number of rotatable bonds is 7. The molecule has 160 valence electrons. The van der Waals surface area contributed by atoms with Gasteiger partial charge in [0, 0.05) is 17.7 Å². The number of aliphatic carboxylic acids is 1. The Morgan fingerprint density at radius 3 is 2.39 bits per heavy atom. The summed E-state index contributed by atoms with van der Waals surface area (Å²) in [5, 5.41) is 8.65. The van der Waals surface area contributed by atoms with Crippen LogP contribution in [-0.2, 0) is 9.53 Å². The quantitative estimate of drug-likeness (QED) is 0.508. The summed E-state index contributed by atoms with van der Waals surface area (Å²) in [5.41, 5.74) is 1.53. The van der Waals surface area contributed by atoms with E-state index < -0.39 is 23.4 Å². The van der Waals surface area contributed by atoms with Crippen molar-refractivity contribution >= 4 is 5.97 Å². The minimum absolute atomic E-state index is 0.0363. The molecular formula is C24H19F3O4. The van der Waals surface area contributed by atoms with E-state index in [1.54, 1.807) is 12.1 Å². The summed E-state index contributed by atoms with van der Waals surface area (Å²) in [4.78, 5) is 10.6. The fourth-order valence-corrected chi connectivity index (χ4v) is 3.60. The van der Waals surface area contributed by atoms with Crippen molar-refractivity contribution in [3.63, 3.8) is 0 Å². The minimum Gasteiger partial charge on any atom is -0.480 e. The number of carboxylic acid groups (broad SMARTS) is 1. The van der Waals surface area contributed by atoms with Gasteiger partial charge in [-0.1, -0.05) is 30.3 Å². The number of hydrogen-bond donors (Lipinski definition) is 1. The van der Waals surface area contributed by atoms with Crippen LogP contribution in [0.25, 0.3) is 11.1 Å². The molecule has 0 amide bonds. The number of hydrogen-bond acceptors (Lipinski definition) is 3. The van der Waals surface area contributed by atoms with Crippen molar-refractivity contribution in [2.24, 2.45) is 0 Å². The number of carbonyl (C=O) groups is 1. The number of halogens is 3. The largest absolute Gasteiger partial charge is 0.480 e. The van der Waals surface area contributed by atoms with E-state index in [-0.39, 0.29) is 35.7 Å². The van der Waals surface area contributed by atoms with Gasteiger partial charge in [0.05, 0.1) is 6.10 Å². The van der Waals surface area contributed by atoms with Crippen molar-refractivity contribution in [2.75, 3.05) is 6.61 Å². The van der Waals surface area contributed by atoms with E-state index in [9.17, 15) is 18.0 Å². The van der Waals surface area contributed by atoms with E-state index in [0.29, 0.717) is 18.4 Å². The molecule has 0 aliphatic heterocycles. The fraction of sp³-hybridized carbons (Fsp3) is 0.208. The molecule has 1 aliphatic carbocycles. The molecule has 0 spiro atoms. The maximum absolute atomic E-state index is 14.5. The molecule has 0 bridgehead atoms. The summed E-state index contributed by atoms with van der Waals surface area (Å²) in [6, 6.07) is 14.8. The first-order valence-corrected chi connectivity index (χ1v) is 9.75. The van der Waals surface area contributed by atoms with E-state index in [4.69, 9.17) is 14.6 Å². The standard InChI is InChI=1S/C24H19F3O4/c25-17-2-1-3-18(10-17)31-20-11-21(24(27)22(26)12-20)15-6-4-14(5-7-15)16-8-19(9-16)30-13-23(28)29/h1-7,10-12,16,19H,8-9,13H2,(H,28,29). The molecular weight excluding hydrogens is 409 g/mol. The van der Waals surface area contributed by atoms with Crippen LogP contribution >= 0.6 is 0 Å². The van der Waals surface area contributed by atoms with Crippen LogP contribution in [0.4, 0.5) is 13.2 Å². The van der Waals surface area contributed by atoms with Crippen LogP contribution in [0.15, 0.2) is 60.7 Å². The van der Waals surface area contributed by atoms with Gasteiger partial charge in [-0.05, 0) is 48.1 Å². The SMILES string of the molecule is O=C(O)COC1CC(c2ccc(-c3cc(Oc4cccc(F)c4)cc(F)c3F)cc2)C1. The Labute approximate surface area is 176 Å². The molecule has 7 heteroatoms. The molecule has 0 heterocycles. The minimum atomic E-state index is -1.06. The first-order chi connectivity index (χ1) is 14.9. The van der Waals surface area contributed by atoms with Gasteiger partial charge in [0.1, 0.15) is 23.9 Å². The molecule has 4 nitrogen and oxygen atoms in total. The second-order valence-electron chi connectivity index (χ2n) is 7.44. The first-order valence-electron chi connectivity index (χ1n) is 9.75. The first kappa shape index (κ1) is 20.9. The molecule has 0 unspecified atom stereocenters. The zero-order valence-corrected chi connectivity index (χ0v) is 16.4. The molecule has 3 aromatic rings. The van der Waals surface area contributed by atoms with Crippen molar-refractivity contribution in [2.45, 2.75) is 24.9 Å². The number of carboxylic acids is 1. The molecule has 0 radical (unpaired) electrons. The third kappa shape index (κ3) is 4.88. The van der Waals surface area contributed by atoms with Crippen molar-refractivity contribution in [1.82, 2.24) is 0 Å². The Bertz CT molecular complexity index is 1090. The van der Waals surface area contributed by atoms with Crippen molar-refractivity contribution in [1.29, 1.82) is 0 Å². The van der Waals surface area contributed by atoms with Crippen LogP contribution in [0.3, 0.4) is 0 Å². The van der Waals surface area contributed by atoms with Crippen LogP contribution in [0.2, 0.25) is 0 Å². The molecule has 0 atom stereocenters. The van der Waals surface area contributed by atoms with E-state index in [1.807, 2.05) is 12.1 Å². The maximum atomic E-state index is 14.5. The van der Waals surface area contributed by atoms with E-state index in [1.165, 1.54) is 24.3 Å². The smallest absolute Gasteiger partial charge is 0.329 e. The topological polar surface area (TPSA) is 55.8 Å². The van der Waals surface area contributed by atoms with Crippen LogP contribution in [0.1, 0.15) is 24.3 Å². The molecule has 0 aromatic heterocycles. The maximum Gasteiger partial charge on any atom is 0.329 e. The predicted molar refractivity (Wildman–Crippen MR) is 108 cm³/mol. The van der Waals surface area contributed by atoms with Crippen LogP contribution in [-0.4, -0.2) is 23.8 Å². The zero-order valence-electron chi connectivity index (χ0n) is 16.4. The van der Waals surface area contributed by atoms with E-state index in [0.717, 1.165) is 17.7 Å². The zero-order chi connectivity index (χ0) is 22.0. The van der Waals surface area contributed by atoms with Crippen LogP contribution < -0.4 is 4.74 Å². The highest BCUT2D eigenvalue weighted by Gasteiger charge is 2.31. The Morgan fingerprint density at radius 1 is 0.968 bits per heavy atom. The third-order valence-corrected chi connectivity index (χ3v) is 5.26. The second-order valence-corrected chi connectivity index (χ2v) is 7.44. The molecule has 0 saturated heterocycles. The number of benzene rings is 3. The highest BCUT2D eigenvalue weighted by molar-refractivity contribution is 5.68. The molecule has 1 fully saturated rings. The van der Waals surface area contributed by atoms with Crippen molar-refractivity contribution < 1.29 is 32.5 Å². The Morgan fingerprint density at radius 2 is 1.71 bits per heavy atom. The highest BCUT2D eigenvalue weighted by atomic mass is 19.2. The van der Waals surface area contributed by atoms with Gasteiger partial charge in [0.15, 0.2) is 11.6 Å². The van der Waals surface area contributed by atoms with E-state index >= 15 is 0 Å². The second kappa shape index (κ2) is 8.81. The van der Waals surface area contributed by atoms with Gasteiger partial charge in [-0.25, -0.2) is 18.0 Å². The molecule has 1 N–H and O–H groups in total. The highest BCUT2D eigenvalue weighted by Crippen LogP contribution is 2.40. The molecule has 1 aliphatic rings. The summed E-state index contributed by atoms with van der Waals surface area (Å²) >= 11 is 0. The van der Waals surface area contributed by atoms with Gasteiger partial charge in [-0.2, -0.15) is 0 Å². The molecule has 1 saturated carbocycles. The predicted octanol–water partition coefficient (Wildman–Crippen LogP) is 5.91. The van der Waals surface area contributed by atoms with Crippen molar-refractivity contribution in [3.8, 4) is 22.6 Å². The molecule has 31 heavy (non-hydrogen) atoms. The Balaban J connectivity index is 1.49. The lowest BCUT2D eigenvalue weighted by atomic mass is 9.77. The summed E-state index contributed by atoms with van der Waals surface area (Å²) in [5.74, 6) is -3.08. The van der Waals surface area contributed by atoms with Crippen LogP contribution in [0.5, 0.6) is 11.5 Å². The lowest BCUT2D eigenvalue weighted by Crippen LogP contribution is -2.31. The van der Waals surface area contributed by atoms with Gasteiger partial charge in [0.2, 0.25) is 0 Å². The molecule has 3 aromatic carbocycles. The lowest BCUT2D eigenvalue weighted by molar-refractivity contribution is -0.146. The van der Waals surface area contributed by atoms with Crippen LogP contribution in [0, 0.1) is 17.5 Å². The summed E-state index contributed by atoms with van der Waals surface area (Å²) < 4.78 is 52.7. The Kier molecular flexibility index (Phi) is 5.95. The average molecular weight is 428 g/mol. The summed E-state index contributed by atoms with van der Waals surface area (Å²) in [6.45, 7) is -0.310. The summed E-state index contributed by atoms with van der Waals surface area (Å²) in [6.07, 6.45) is 1.35. The molecule has 4 rings (SSSR count). The van der Waals surface area contributed by atoms with E-state index in [2.05, 4.69) is 0 Å².